The van der Waals surface area contributed by atoms with E-state index in [4.69, 9.17) is 0 Å². The van der Waals surface area contributed by atoms with Crippen LogP contribution < -0.4 is 5.82 Å². The number of nitro benzene ring substituents is 1. The van der Waals surface area contributed by atoms with Gasteiger partial charge in [-0.15, -0.1) is 0 Å². The van der Waals surface area contributed by atoms with E-state index in [-0.39, 0.29) is 11.6 Å². The number of nitrogens with zero attached hydrogens (tertiary/aromatic N) is 2. The Hall–Kier alpha value is -2.44. The van der Waals surface area contributed by atoms with E-state index in [1.807, 2.05) is 0 Å². The van der Waals surface area contributed by atoms with Crippen molar-refractivity contribution in [2.45, 2.75) is 0 Å². The summed E-state index contributed by atoms with van der Waals surface area (Å²) in [4.78, 5) is 20.4. The van der Waals surface area contributed by atoms with Crippen molar-refractivity contribution in [1.82, 2.24) is 5.16 Å². The van der Waals surface area contributed by atoms with Gasteiger partial charge in [-0.05, 0) is 17.3 Å². The van der Waals surface area contributed by atoms with Gasteiger partial charge in [0.05, 0.1) is 4.92 Å². The molecule has 0 atom stereocenters. The fourth-order valence-corrected chi connectivity index (χ4v) is 1.03. The molecule has 7 nitrogen and oxygen atoms in total. The van der Waals surface area contributed by atoms with Crippen molar-refractivity contribution in [3.8, 4) is 11.5 Å². The van der Waals surface area contributed by atoms with Gasteiger partial charge in [0, 0.05) is 17.7 Å². The second-order valence-corrected chi connectivity index (χ2v) is 2.64. The Kier molecular flexibility index (Phi) is 2.05. The summed E-state index contributed by atoms with van der Waals surface area (Å²) in [6, 6.07) is 5.39. The second kappa shape index (κ2) is 3.37. The standard InChI is InChI=1S/C8H4N2O5/c11-8-14-7(9-15-8)5-1-3-6(4-2-5)10(12)13/h1-4H. The maximum atomic E-state index is 10.5. The van der Waals surface area contributed by atoms with Gasteiger partial charge in [0.25, 0.3) is 11.6 Å². The molecule has 1 aromatic carbocycles. The molecule has 0 saturated heterocycles. The molecule has 0 N–H and O–H groups in total. The summed E-state index contributed by atoms with van der Waals surface area (Å²) in [6.07, 6.45) is 0. The molecule has 7 heteroatoms. The number of hydrogen-bond acceptors (Lipinski definition) is 6. The third-order valence-electron chi connectivity index (χ3n) is 1.71. The Morgan fingerprint density at radius 1 is 1.27 bits per heavy atom. The molecule has 0 spiro atoms. The van der Waals surface area contributed by atoms with E-state index in [9.17, 15) is 14.9 Å². The number of hydrogen-bond donors (Lipinski definition) is 0. The lowest BCUT2D eigenvalue weighted by molar-refractivity contribution is -0.384. The van der Waals surface area contributed by atoms with E-state index in [1.54, 1.807) is 0 Å². The predicted octanol–water partition coefficient (Wildman–Crippen LogP) is 1.20. The van der Waals surface area contributed by atoms with Gasteiger partial charge in [0.15, 0.2) is 0 Å². The van der Waals surface area contributed by atoms with E-state index in [0.29, 0.717) is 5.56 Å². The van der Waals surface area contributed by atoms with Crippen LogP contribution in [-0.2, 0) is 0 Å². The molecule has 0 aliphatic heterocycles. The van der Waals surface area contributed by atoms with Gasteiger partial charge in [-0.2, -0.15) is 0 Å². The third-order valence-corrected chi connectivity index (χ3v) is 1.71. The lowest BCUT2D eigenvalue weighted by atomic mass is 10.2. The molecular weight excluding hydrogens is 204 g/mol. The molecule has 76 valence electrons. The highest BCUT2D eigenvalue weighted by atomic mass is 16.6. The maximum absolute atomic E-state index is 10.5. The van der Waals surface area contributed by atoms with E-state index in [2.05, 4.69) is 14.1 Å². The zero-order valence-corrected chi connectivity index (χ0v) is 7.25. The normalized spacial score (nSPS) is 10.1. The summed E-state index contributed by atoms with van der Waals surface area (Å²) >= 11 is 0. The zero-order valence-electron chi connectivity index (χ0n) is 7.25. The first-order chi connectivity index (χ1) is 7.16. The van der Waals surface area contributed by atoms with Crippen LogP contribution in [0.1, 0.15) is 0 Å². The Morgan fingerprint density at radius 2 is 1.93 bits per heavy atom. The average Bonchev–Trinajstić information content (AvgIpc) is 2.65. The van der Waals surface area contributed by atoms with Gasteiger partial charge in [0.2, 0.25) is 0 Å². The first-order valence-electron chi connectivity index (χ1n) is 3.88. The Balaban J connectivity index is 2.39. The van der Waals surface area contributed by atoms with Crippen LogP contribution in [0, 0.1) is 10.1 Å². The lowest BCUT2D eigenvalue weighted by Gasteiger charge is -1.92. The van der Waals surface area contributed by atoms with E-state index in [1.165, 1.54) is 24.3 Å². The van der Waals surface area contributed by atoms with Gasteiger partial charge in [-0.1, -0.05) is 0 Å². The minimum atomic E-state index is -0.914. The van der Waals surface area contributed by atoms with Gasteiger partial charge in [-0.25, -0.2) is 4.79 Å². The number of non-ortho nitro benzene ring substituents is 1. The molecule has 0 radical (unpaired) electrons. The monoisotopic (exact) mass is 208 g/mol. The first kappa shape index (κ1) is 9.13. The van der Waals surface area contributed by atoms with Crippen LogP contribution in [0.2, 0.25) is 0 Å². The molecule has 0 bridgehead atoms. The molecule has 0 aliphatic rings. The summed E-state index contributed by atoms with van der Waals surface area (Å²) in [5.41, 5.74) is 0.385. The van der Waals surface area contributed by atoms with Crippen molar-refractivity contribution >= 4 is 5.69 Å². The molecular formula is C8H4N2O5. The summed E-state index contributed by atoms with van der Waals surface area (Å²) in [6.45, 7) is 0. The third kappa shape index (κ3) is 1.75. The van der Waals surface area contributed by atoms with Crippen LogP contribution in [0.15, 0.2) is 38.0 Å². The number of rotatable bonds is 2. The smallest absolute Gasteiger partial charge is 0.370 e. The van der Waals surface area contributed by atoms with Gasteiger partial charge in [0.1, 0.15) is 0 Å². The Morgan fingerprint density at radius 3 is 2.40 bits per heavy atom. The van der Waals surface area contributed by atoms with Crippen LogP contribution in [0.3, 0.4) is 0 Å². The highest BCUT2D eigenvalue weighted by molar-refractivity contribution is 5.54. The fraction of sp³-hybridized carbons (Fsp3) is 0. The zero-order chi connectivity index (χ0) is 10.8. The van der Waals surface area contributed by atoms with Gasteiger partial charge < -0.3 is 4.42 Å². The van der Waals surface area contributed by atoms with Gasteiger partial charge >= 0.3 is 5.82 Å². The molecule has 2 aromatic rings. The largest absolute Gasteiger partial charge is 0.542 e. The van der Waals surface area contributed by atoms with E-state index < -0.39 is 10.7 Å². The first-order valence-corrected chi connectivity index (χ1v) is 3.88. The predicted molar refractivity (Wildman–Crippen MR) is 47.1 cm³/mol. The summed E-state index contributed by atoms with van der Waals surface area (Å²) in [5, 5.41) is 13.7. The Bertz CT molecular complexity index is 539. The van der Waals surface area contributed by atoms with Gasteiger partial charge in [-0.3, -0.25) is 14.6 Å². The Labute approximate surface area is 82.1 Å². The van der Waals surface area contributed by atoms with Crippen molar-refractivity contribution < 1.29 is 13.9 Å². The lowest BCUT2D eigenvalue weighted by Crippen LogP contribution is -1.87. The summed E-state index contributed by atoms with van der Waals surface area (Å²) < 4.78 is 8.76. The maximum Gasteiger partial charge on any atom is 0.542 e. The molecule has 0 saturated carbocycles. The molecule has 15 heavy (non-hydrogen) atoms. The van der Waals surface area contributed by atoms with Crippen molar-refractivity contribution in [1.29, 1.82) is 0 Å². The number of nitro groups is 1. The van der Waals surface area contributed by atoms with Crippen LogP contribution >= 0.6 is 0 Å². The molecule has 0 unspecified atom stereocenters. The molecule has 1 aromatic heterocycles. The summed E-state index contributed by atoms with van der Waals surface area (Å²) in [5.74, 6) is -0.918. The fourth-order valence-electron chi connectivity index (χ4n) is 1.03. The van der Waals surface area contributed by atoms with Crippen LogP contribution in [0.4, 0.5) is 5.69 Å². The minimum Gasteiger partial charge on any atom is -0.370 e. The molecule has 0 amide bonds. The SMILES string of the molecule is O=c1onc(-c2ccc([N+](=O)[O-])cc2)o1. The average molecular weight is 208 g/mol. The number of benzene rings is 1. The van der Waals surface area contributed by atoms with Crippen molar-refractivity contribution in [2.24, 2.45) is 0 Å². The van der Waals surface area contributed by atoms with Crippen molar-refractivity contribution in [3.63, 3.8) is 0 Å². The summed E-state index contributed by atoms with van der Waals surface area (Å²) in [7, 11) is 0. The minimum absolute atomic E-state index is 0.00472. The number of aromatic nitrogens is 1. The molecule has 0 fully saturated rings. The van der Waals surface area contributed by atoms with Crippen LogP contribution in [0.5, 0.6) is 0 Å². The van der Waals surface area contributed by atoms with Crippen molar-refractivity contribution in [3.05, 3.63) is 45.0 Å². The van der Waals surface area contributed by atoms with Crippen molar-refractivity contribution in [2.75, 3.05) is 0 Å². The molecule has 0 aliphatic carbocycles. The quantitative estimate of drug-likeness (QED) is 0.543. The van der Waals surface area contributed by atoms with E-state index in [0.717, 1.165) is 0 Å². The van der Waals surface area contributed by atoms with Crippen LogP contribution in [-0.4, -0.2) is 10.1 Å². The topological polar surface area (TPSA) is 99.4 Å². The van der Waals surface area contributed by atoms with E-state index >= 15 is 0 Å². The molecule has 1 heterocycles. The highest BCUT2D eigenvalue weighted by Crippen LogP contribution is 2.19. The van der Waals surface area contributed by atoms with Crippen LogP contribution in [0.25, 0.3) is 11.5 Å². The molecule has 2 rings (SSSR count). The second-order valence-electron chi connectivity index (χ2n) is 2.64. The highest BCUT2D eigenvalue weighted by Gasteiger charge is 2.09.